The second kappa shape index (κ2) is 11.7. The van der Waals surface area contributed by atoms with Gasteiger partial charge in [-0.15, -0.1) is 0 Å². The minimum absolute atomic E-state index is 0.433. The van der Waals surface area contributed by atoms with Gasteiger partial charge in [-0.1, -0.05) is 76.9 Å². The molecular weight excluding hydrogens is 320 g/mol. The second-order valence-corrected chi connectivity index (χ2v) is 7.23. The fourth-order valence-electron chi connectivity index (χ4n) is 3.48. The van der Waals surface area contributed by atoms with Crippen molar-refractivity contribution in [1.82, 2.24) is 0 Å². The lowest BCUT2D eigenvalue weighted by Gasteiger charge is -2.37. The molecule has 0 fully saturated rings. The van der Waals surface area contributed by atoms with Gasteiger partial charge in [0, 0.05) is 6.92 Å². The average molecular weight is 357 g/mol. The first-order valence-corrected chi connectivity index (χ1v) is 9.87. The van der Waals surface area contributed by atoms with Crippen LogP contribution in [0.15, 0.2) is 12.2 Å². The normalized spacial score (nSPS) is 26.8. The van der Waals surface area contributed by atoms with Crippen molar-refractivity contribution >= 4 is 5.97 Å². The molecule has 1 rings (SSSR count). The molecule has 3 unspecified atom stereocenters. The summed E-state index contributed by atoms with van der Waals surface area (Å²) in [6, 6.07) is 0. The summed E-state index contributed by atoms with van der Waals surface area (Å²) in [5.74, 6) is -0.517. The van der Waals surface area contributed by atoms with E-state index in [1.165, 1.54) is 64.0 Å². The van der Waals surface area contributed by atoms with E-state index in [4.69, 9.17) is 4.74 Å². The SMILES string of the molecule is CCCCCCCCCCCCC(OC(C)=O)C1(O)C(O)C=C[C@H]1O. The van der Waals surface area contributed by atoms with Gasteiger partial charge in [-0.3, -0.25) is 4.79 Å². The summed E-state index contributed by atoms with van der Waals surface area (Å²) in [6.45, 7) is 3.50. The van der Waals surface area contributed by atoms with Crippen LogP contribution in [0.2, 0.25) is 0 Å². The van der Waals surface area contributed by atoms with E-state index in [1.54, 1.807) is 0 Å². The molecule has 4 atom stereocenters. The lowest BCUT2D eigenvalue weighted by Crippen LogP contribution is -2.57. The number of carbonyl (C=O) groups is 1. The predicted molar refractivity (Wildman–Crippen MR) is 98.1 cm³/mol. The number of rotatable bonds is 13. The highest BCUT2D eigenvalue weighted by molar-refractivity contribution is 5.66. The molecule has 0 heterocycles. The first kappa shape index (κ1) is 22.1. The fourth-order valence-corrected chi connectivity index (χ4v) is 3.48. The molecule has 5 heteroatoms. The highest BCUT2D eigenvalue weighted by Gasteiger charge is 2.52. The largest absolute Gasteiger partial charge is 0.459 e. The summed E-state index contributed by atoms with van der Waals surface area (Å²) in [5.41, 5.74) is -1.84. The Kier molecular flexibility index (Phi) is 10.3. The predicted octanol–water partition coefficient (Wildman–Crippen LogP) is 3.25. The van der Waals surface area contributed by atoms with Crippen LogP contribution in [-0.4, -0.2) is 45.2 Å². The van der Waals surface area contributed by atoms with Crippen molar-refractivity contribution in [3.63, 3.8) is 0 Å². The molecule has 0 saturated carbocycles. The molecule has 0 radical (unpaired) electrons. The number of esters is 1. The molecule has 0 aromatic carbocycles. The number of carbonyl (C=O) groups excluding carboxylic acids is 1. The summed E-state index contributed by atoms with van der Waals surface area (Å²) in [5, 5.41) is 30.6. The molecule has 25 heavy (non-hydrogen) atoms. The van der Waals surface area contributed by atoms with Crippen molar-refractivity contribution < 1.29 is 24.9 Å². The van der Waals surface area contributed by atoms with Crippen LogP contribution in [0.5, 0.6) is 0 Å². The van der Waals surface area contributed by atoms with Crippen LogP contribution in [0.25, 0.3) is 0 Å². The standard InChI is InChI=1S/C20H36O5/c1-3-4-5-6-7-8-9-10-11-12-13-19(25-16(2)21)20(24)17(22)14-15-18(20)23/h14-15,17-19,22-24H,3-13H2,1-2H3/t17-,18?,19?,20?/m1/s1. The van der Waals surface area contributed by atoms with E-state index in [0.717, 1.165) is 19.3 Å². The molecule has 0 aromatic heterocycles. The van der Waals surface area contributed by atoms with E-state index in [1.807, 2.05) is 0 Å². The highest BCUT2D eigenvalue weighted by atomic mass is 16.6. The van der Waals surface area contributed by atoms with Crippen LogP contribution in [-0.2, 0) is 9.53 Å². The summed E-state index contributed by atoms with van der Waals surface area (Å²) >= 11 is 0. The van der Waals surface area contributed by atoms with Crippen molar-refractivity contribution in [3.8, 4) is 0 Å². The van der Waals surface area contributed by atoms with Crippen LogP contribution >= 0.6 is 0 Å². The molecule has 0 amide bonds. The molecule has 0 spiro atoms. The quantitative estimate of drug-likeness (QED) is 0.268. The number of aliphatic hydroxyl groups is 3. The Hall–Kier alpha value is -0.910. The third kappa shape index (κ3) is 7.08. The van der Waals surface area contributed by atoms with Gasteiger partial charge in [0.1, 0.15) is 18.3 Å². The lowest BCUT2D eigenvalue weighted by molar-refractivity contribution is -0.193. The first-order chi connectivity index (χ1) is 11.9. The van der Waals surface area contributed by atoms with Crippen molar-refractivity contribution in [1.29, 1.82) is 0 Å². The molecule has 0 aromatic rings. The van der Waals surface area contributed by atoms with Gasteiger partial charge in [0.2, 0.25) is 0 Å². The first-order valence-electron chi connectivity index (χ1n) is 9.87. The Morgan fingerprint density at radius 3 is 1.84 bits per heavy atom. The van der Waals surface area contributed by atoms with Gasteiger partial charge in [-0.05, 0) is 12.8 Å². The van der Waals surface area contributed by atoms with Crippen molar-refractivity contribution in [3.05, 3.63) is 12.2 Å². The molecule has 1 aliphatic rings. The number of ether oxygens (including phenoxy) is 1. The number of unbranched alkanes of at least 4 members (excludes halogenated alkanes) is 9. The van der Waals surface area contributed by atoms with E-state index >= 15 is 0 Å². The fraction of sp³-hybridized carbons (Fsp3) is 0.850. The average Bonchev–Trinajstić information content (AvgIpc) is 2.83. The molecule has 0 saturated heterocycles. The smallest absolute Gasteiger partial charge is 0.303 e. The van der Waals surface area contributed by atoms with E-state index in [2.05, 4.69) is 6.92 Å². The molecule has 0 bridgehead atoms. The molecule has 146 valence electrons. The van der Waals surface area contributed by atoms with Crippen molar-refractivity contribution in [2.75, 3.05) is 0 Å². The molecule has 3 N–H and O–H groups in total. The monoisotopic (exact) mass is 356 g/mol. The molecule has 5 nitrogen and oxygen atoms in total. The summed E-state index contributed by atoms with van der Waals surface area (Å²) in [7, 11) is 0. The van der Waals surface area contributed by atoms with Crippen LogP contribution in [0.4, 0.5) is 0 Å². The Morgan fingerprint density at radius 2 is 1.40 bits per heavy atom. The number of hydrogen-bond acceptors (Lipinski definition) is 5. The van der Waals surface area contributed by atoms with Gasteiger partial charge in [0.05, 0.1) is 0 Å². The molecular formula is C20H36O5. The zero-order valence-corrected chi connectivity index (χ0v) is 15.8. The van der Waals surface area contributed by atoms with Gasteiger partial charge >= 0.3 is 5.97 Å². The summed E-state index contributed by atoms with van der Waals surface area (Å²) in [4.78, 5) is 11.3. The maximum absolute atomic E-state index is 11.3. The van der Waals surface area contributed by atoms with Crippen molar-refractivity contribution in [2.45, 2.75) is 108 Å². The van der Waals surface area contributed by atoms with Crippen LogP contribution < -0.4 is 0 Å². The summed E-state index contributed by atoms with van der Waals surface area (Å²) in [6.07, 6.45) is 11.6. The van der Waals surface area contributed by atoms with Crippen LogP contribution in [0.3, 0.4) is 0 Å². The van der Waals surface area contributed by atoms with Gasteiger partial charge in [-0.2, -0.15) is 0 Å². The third-order valence-corrected chi connectivity index (χ3v) is 5.07. The van der Waals surface area contributed by atoms with E-state index in [9.17, 15) is 20.1 Å². The summed E-state index contributed by atoms with van der Waals surface area (Å²) < 4.78 is 5.21. The van der Waals surface area contributed by atoms with E-state index in [-0.39, 0.29) is 0 Å². The third-order valence-electron chi connectivity index (χ3n) is 5.07. The zero-order valence-electron chi connectivity index (χ0n) is 15.8. The zero-order chi connectivity index (χ0) is 18.7. The highest BCUT2D eigenvalue weighted by Crippen LogP contribution is 2.33. The maximum Gasteiger partial charge on any atom is 0.303 e. The van der Waals surface area contributed by atoms with Gasteiger partial charge < -0.3 is 20.1 Å². The Bertz CT molecular complexity index is 395. The molecule has 1 aliphatic carbocycles. The van der Waals surface area contributed by atoms with E-state index in [0.29, 0.717) is 6.42 Å². The topological polar surface area (TPSA) is 87.0 Å². The maximum atomic E-state index is 11.3. The minimum Gasteiger partial charge on any atom is -0.459 e. The second-order valence-electron chi connectivity index (χ2n) is 7.23. The van der Waals surface area contributed by atoms with Gasteiger partial charge in [0.25, 0.3) is 0 Å². The lowest BCUT2D eigenvalue weighted by atomic mass is 9.86. The number of aliphatic hydroxyl groups excluding tert-OH is 2. The van der Waals surface area contributed by atoms with Gasteiger partial charge in [0.15, 0.2) is 5.60 Å². The Morgan fingerprint density at radius 1 is 0.960 bits per heavy atom. The van der Waals surface area contributed by atoms with Crippen LogP contribution in [0, 0.1) is 0 Å². The van der Waals surface area contributed by atoms with E-state index < -0.39 is 29.9 Å². The number of hydrogen-bond donors (Lipinski definition) is 3. The molecule has 0 aliphatic heterocycles. The Labute approximate surface area is 152 Å². The minimum atomic E-state index is -1.84. The Balaban J connectivity index is 2.27. The van der Waals surface area contributed by atoms with Crippen molar-refractivity contribution in [2.24, 2.45) is 0 Å². The van der Waals surface area contributed by atoms with Crippen LogP contribution in [0.1, 0.15) is 84.5 Å². The van der Waals surface area contributed by atoms with Gasteiger partial charge in [-0.25, -0.2) is 0 Å².